The van der Waals surface area contributed by atoms with Crippen LogP contribution in [0, 0.1) is 0 Å². The molecule has 0 aliphatic carbocycles. The zero-order valence-electron chi connectivity index (χ0n) is 21.0. The molecule has 0 saturated carbocycles. The first kappa shape index (κ1) is 30.0. The number of esters is 1. The third-order valence-electron chi connectivity index (χ3n) is 6.08. The Balaban J connectivity index is 0.000000436. The van der Waals surface area contributed by atoms with E-state index >= 15 is 0 Å². The van der Waals surface area contributed by atoms with E-state index < -0.39 is 11.9 Å². The first-order valence-corrected chi connectivity index (χ1v) is 14.7. The molecule has 0 bridgehead atoms. The summed E-state index contributed by atoms with van der Waals surface area (Å²) >= 11 is 9.67. The molecule has 38 heavy (non-hydrogen) atoms. The summed E-state index contributed by atoms with van der Waals surface area (Å²) in [5, 5.41) is 16.4. The quantitative estimate of drug-likeness (QED) is 0.347. The molecular weight excluding hydrogens is 548 g/mol. The smallest absolute Gasteiger partial charge is 0.328 e. The molecule has 8 nitrogen and oxygen atoms in total. The number of carbonyl (C=O) groups excluding carboxylic acids is 1. The van der Waals surface area contributed by atoms with Crippen LogP contribution in [0.5, 0.6) is 0 Å². The predicted molar refractivity (Wildman–Crippen MR) is 150 cm³/mol. The fourth-order valence-corrected chi connectivity index (χ4v) is 5.94. The number of hydrogen-bond donors (Lipinski definition) is 2. The van der Waals surface area contributed by atoms with Crippen molar-refractivity contribution in [2.45, 2.75) is 22.3 Å². The highest BCUT2D eigenvalue weighted by atomic mass is 35.5. The van der Waals surface area contributed by atoms with E-state index in [2.05, 4.69) is 46.2 Å². The van der Waals surface area contributed by atoms with E-state index in [0.717, 1.165) is 44.2 Å². The second-order valence-electron chi connectivity index (χ2n) is 8.65. The Labute approximate surface area is 236 Å². The van der Waals surface area contributed by atoms with Gasteiger partial charge in [-0.05, 0) is 48.1 Å². The highest BCUT2D eigenvalue weighted by molar-refractivity contribution is 7.99. The molecule has 2 aliphatic heterocycles. The van der Waals surface area contributed by atoms with Crippen LogP contribution in [-0.4, -0.2) is 89.3 Å². The van der Waals surface area contributed by atoms with Crippen molar-refractivity contribution in [1.29, 1.82) is 0 Å². The monoisotopic (exact) mass is 578 g/mol. The molecule has 204 valence electrons. The fraction of sp³-hybridized carbons (Fsp3) is 0.370. The first-order chi connectivity index (χ1) is 18.3. The molecule has 1 saturated heterocycles. The minimum absolute atomic E-state index is 0.119. The largest absolute Gasteiger partial charge is 0.478 e. The van der Waals surface area contributed by atoms with Gasteiger partial charge < -0.3 is 14.9 Å². The van der Waals surface area contributed by atoms with Crippen LogP contribution in [0.4, 0.5) is 0 Å². The third kappa shape index (κ3) is 9.36. The van der Waals surface area contributed by atoms with Crippen molar-refractivity contribution >= 4 is 53.0 Å². The predicted octanol–water partition coefficient (Wildman–Crippen LogP) is 4.32. The average Bonchev–Trinajstić information content (AvgIpc) is 3.05. The maximum Gasteiger partial charge on any atom is 0.328 e. The lowest BCUT2D eigenvalue weighted by Gasteiger charge is -2.39. The Kier molecular flexibility index (Phi) is 12.0. The summed E-state index contributed by atoms with van der Waals surface area (Å²) in [6.07, 6.45) is 4.01. The van der Waals surface area contributed by atoms with Crippen molar-refractivity contribution in [3.8, 4) is 0 Å². The van der Waals surface area contributed by atoms with Crippen molar-refractivity contribution < 1.29 is 29.3 Å². The van der Waals surface area contributed by atoms with Crippen molar-refractivity contribution in [3.05, 3.63) is 70.8 Å². The maximum atomic E-state index is 11.5. The van der Waals surface area contributed by atoms with Gasteiger partial charge in [0.05, 0.1) is 5.75 Å². The standard InChI is InChI=1S/C23H27ClN2O2S2.C4H4O4/c1-29-16-23(27)28-13-12-25-8-10-26(11-9-25)20-15-17-14-18(24)6-7-21(17)30-22-5-3-2-4-19(20)22;5-3(6)1-2-4(7)8/h2-7,14,20H,8-13,15-16H2,1H3;1-2H,(H,5,6)(H,7,8). The second kappa shape index (κ2) is 15.2. The zero-order chi connectivity index (χ0) is 27.5. The Bertz CT molecular complexity index is 1140. The second-order valence-corrected chi connectivity index (χ2v) is 11.0. The van der Waals surface area contributed by atoms with Crippen LogP contribution in [0.25, 0.3) is 0 Å². The number of carboxylic acids is 2. The Morgan fingerprint density at radius 1 is 1.05 bits per heavy atom. The number of rotatable bonds is 8. The summed E-state index contributed by atoms with van der Waals surface area (Å²) in [5.74, 6) is -2.20. The summed E-state index contributed by atoms with van der Waals surface area (Å²) in [7, 11) is 0. The lowest BCUT2D eigenvalue weighted by molar-refractivity contribution is -0.141. The van der Waals surface area contributed by atoms with Crippen LogP contribution in [0.15, 0.2) is 64.4 Å². The molecule has 4 rings (SSSR count). The number of fused-ring (bicyclic) bond motifs is 2. The maximum absolute atomic E-state index is 11.5. The van der Waals surface area contributed by atoms with Crippen molar-refractivity contribution in [1.82, 2.24) is 9.80 Å². The van der Waals surface area contributed by atoms with Gasteiger partial charge in [0.2, 0.25) is 0 Å². The van der Waals surface area contributed by atoms with Gasteiger partial charge in [0.1, 0.15) is 6.61 Å². The molecule has 1 fully saturated rings. The Hall–Kier alpha value is -2.50. The fourth-order valence-electron chi connectivity index (χ4n) is 4.31. The molecule has 1 unspecified atom stereocenters. The summed E-state index contributed by atoms with van der Waals surface area (Å²) in [6, 6.07) is 15.4. The van der Waals surface area contributed by atoms with Crippen molar-refractivity contribution in [3.63, 3.8) is 0 Å². The van der Waals surface area contributed by atoms with Crippen LogP contribution in [0.1, 0.15) is 17.2 Å². The Morgan fingerprint density at radius 2 is 1.74 bits per heavy atom. The molecule has 1 atom stereocenters. The van der Waals surface area contributed by atoms with Gasteiger partial charge in [-0.1, -0.05) is 41.6 Å². The van der Waals surface area contributed by atoms with Crippen molar-refractivity contribution in [2.24, 2.45) is 0 Å². The number of piperazine rings is 1. The number of nitrogens with zero attached hydrogens (tertiary/aromatic N) is 2. The van der Waals surface area contributed by atoms with Crippen LogP contribution in [0.2, 0.25) is 5.02 Å². The summed E-state index contributed by atoms with van der Waals surface area (Å²) < 4.78 is 5.31. The number of halogens is 1. The SMILES string of the molecule is CSCC(=O)OCCN1CCN(C2Cc3cc(Cl)ccc3Sc3ccccc32)CC1.O=C(O)C=CC(=O)O. The van der Waals surface area contributed by atoms with Crippen LogP contribution >= 0.6 is 35.1 Å². The van der Waals surface area contributed by atoms with Gasteiger partial charge >= 0.3 is 17.9 Å². The number of ether oxygens (including phenoxy) is 1. The Morgan fingerprint density at radius 3 is 2.39 bits per heavy atom. The molecule has 2 aromatic rings. The summed E-state index contributed by atoms with van der Waals surface area (Å²) in [4.78, 5) is 38.3. The average molecular weight is 579 g/mol. The van der Waals surface area contributed by atoms with Gasteiger partial charge in [-0.2, -0.15) is 11.8 Å². The lowest BCUT2D eigenvalue weighted by Crippen LogP contribution is -2.48. The number of carbonyl (C=O) groups is 3. The molecule has 11 heteroatoms. The van der Waals surface area contributed by atoms with Gasteiger partial charge in [-0.25, -0.2) is 9.59 Å². The van der Waals surface area contributed by atoms with E-state index in [4.69, 9.17) is 26.6 Å². The zero-order valence-corrected chi connectivity index (χ0v) is 23.4. The molecule has 0 radical (unpaired) electrons. The molecule has 2 heterocycles. The molecule has 2 aromatic carbocycles. The highest BCUT2D eigenvalue weighted by Gasteiger charge is 2.30. The van der Waals surface area contributed by atoms with E-state index in [1.807, 2.05) is 24.1 Å². The number of thioether (sulfide) groups is 1. The summed E-state index contributed by atoms with van der Waals surface area (Å²) in [5.41, 5.74) is 2.74. The van der Waals surface area contributed by atoms with Gasteiger partial charge in [-0.15, -0.1) is 0 Å². The lowest BCUT2D eigenvalue weighted by atomic mass is 9.96. The molecule has 0 amide bonds. The van der Waals surface area contributed by atoms with E-state index in [-0.39, 0.29) is 5.97 Å². The summed E-state index contributed by atoms with van der Waals surface area (Å²) in [6.45, 7) is 5.30. The van der Waals surface area contributed by atoms with E-state index in [1.165, 1.54) is 32.7 Å². The van der Waals surface area contributed by atoms with Crippen LogP contribution in [-0.2, 0) is 25.5 Å². The van der Waals surface area contributed by atoms with Gasteiger partial charge in [0.25, 0.3) is 0 Å². The minimum Gasteiger partial charge on any atom is -0.478 e. The molecule has 0 aromatic heterocycles. The normalized spacial score (nSPS) is 17.5. The van der Waals surface area contributed by atoms with Crippen molar-refractivity contribution in [2.75, 3.05) is 51.3 Å². The van der Waals surface area contributed by atoms with E-state index in [1.54, 1.807) is 0 Å². The molecule has 0 spiro atoms. The van der Waals surface area contributed by atoms with E-state index in [0.29, 0.717) is 30.6 Å². The highest BCUT2D eigenvalue weighted by Crippen LogP contribution is 2.43. The van der Waals surface area contributed by atoms with Gasteiger partial charge in [0.15, 0.2) is 0 Å². The van der Waals surface area contributed by atoms with Gasteiger partial charge in [-0.3, -0.25) is 14.6 Å². The first-order valence-electron chi connectivity index (χ1n) is 12.1. The number of carboxylic acid groups (broad SMARTS) is 2. The van der Waals surface area contributed by atoms with Gasteiger partial charge in [0, 0.05) is 65.7 Å². The third-order valence-corrected chi connectivity index (χ3v) is 8.05. The van der Waals surface area contributed by atoms with E-state index in [9.17, 15) is 14.4 Å². The van der Waals surface area contributed by atoms with Crippen LogP contribution < -0.4 is 0 Å². The molecule has 2 N–H and O–H groups in total. The number of hydrogen-bond acceptors (Lipinski definition) is 8. The number of benzene rings is 2. The molecule has 2 aliphatic rings. The number of aliphatic carboxylic acids is 2. The topological polar surface area (TPSA) is 107 Å². The van der Waals surface area contributed by atoms with Crippen LogP contribution in [0.3, 0.4) is 0 Å². The molecular formula is C27H31ClN2O6S2. The minimum atomic E-state index is -1.26.